The van der Waals surface area contributed by atoms with Crippen molar-refractivity contribution in [3.63, 3.8) is 0 Å². The Labute approximate surface area is 107 Å². The summed E-state index contributed by atoms with van der Waals surface area (Å²) in [5.41, 5.74) is 0.216. The molecule has 1 fully saturated rings. The van der Waals surface area contributed by atoms with Gasteiger partial charge in [0.15, 0.2) is 4.90 Å². The summed E-state index contributed by atoms with van der Waals surface area (Å²) >= 11 is 0. The number of rotatable bonds is 2. The molecule has 0 spiro atoms. The summed E-state index contributed by atoms with van der Waals surface area (Å²) in [7, 11) is -2.36. The molecule has 1 aliphatic rings. The van der Waals surface area contributed by atoms with E-state index in [0.717, 1.165) is 17.5 Å². The highest BCUT2D eigenvalue weighted by molar-refractivity contribution is 7.89. The van der Waals surface area contributed by atoms with Gasteiger partial charge in [-0.1, -0.05) is 6.92 Å². The zero-order chi connectivity index (χ0) is 13.5. The van der Waals surface area contributed by atoms with Crippen molar-refractivity contribution in [1.29, 1.82) is 0 Å². The fourth-order valence-electron chi connectivity index (χ4n) is 2.40. The first-order valence-electron chi connectivity index (χ1n) is 6.03. The van der Waals surface area contributed by atoms with E-state index in [1.54, 1.807) is 0 Å². The van der Waals surface area contributed by atoms with Crippen LogP contribution >= 0.6 is 0 Å². The third kappa shape index (κ3) is 2.16. The van der Waals surface area contributed by atoms with Crippen LogP contribution in [0.15, 0.2) is 4.90 Å². The average molecular weight is 275 g/mol. The van der Waals surface area contributed by atoms with Gasteiger partial charge in [0.25, 0.3) is 0 Å². The van der Waals surface area contributed by atoms with Crippen LogP contribution in [-0.2, 0) is 17.1 Å². The minimum atomic E-state index is -3.76. The standard InChI is InChI=1S/C11H18FN3O2S/c1-8-5-4-6-15(7-8)18(16,17)10-9(2)13-14(3)11(10)12/h8H,4-7H2,1-3H3. The van der Waals surface area contributed by atoms with Gasteiger partial charge in [0, 0.05) is 20.1 Å². The molecule has 1 aromatic heterocycles. The first-order valence-corrected chi connectivity index (χ1v) is 7.47. The molecule has 0 amide bonds. The Balaban J connectivity index is 2.42. The maximum absolute atomic E-state index is 13.9. The van der Waals surface area contributed by atoms with Crippen molar-refractivity contribution in [2.45, 2.75) is 31.6 Å². The van der Waals surface area contributed by atoms with Crippen LogP contribution < -0.4 is 0 Å². The van der Waals surface area contributed by atoms with E-state index in [0.29, 0.717) is 19.0 Å². The molecule has 0 N–H and O–H groups in total. The number of hydrogen-bond acceptors (Lipinski definition) is 3. The lowest BCUT2D eigenvalue weighted by atomic mass is 10.0. The quantitative estimate of drug-likeness (QED) is 0.817. The fraction of sp³-hybridized carbons (Fsp3) is 0.727. The lowest BCUT2D eigenvalue weighted by molar-refractivity contribution is 0.280. The molecule has 0 aliphatic carbocycles. The molecule has 1 unspecified atom stereocenters. The molecule has 0 saturated carbocycles. The number of nitrogens with zero attached hydrogens (tertiary/aromatic N) is 3. The second-order valence-electron chi connectivity index (χ2n) is 4.94. The second kappa shape index (κ2) is 4.62. The molecule has 0 radical (unpaired) electrons. The number of aryl methyl sites for hydroxylation is 2. The summed E-state index contributed by atoms with van der Waals surface area (Å²) < 4.78 is 41.0. The SMILES string of the molecule is Cc1nn(C)c(F)c1S(=O)(=O)N1CCCC(C)C1. The van der Waals surface area contributed by atoms with Gasteiger partial charge in [-0.25, -0.2) is 13.1 Å². The second-order valence-corrected chi connectivity index (χ2v) is 6.81. The van der Waals surface area contributed by atoms with Crippen molar-refractivity contribution in [2.24, 2.45) is 13.0 Å². The predicted octanol–water partition coefficient (Wildman–Crippen LogP) is 1.29. The van der Waals surface area contributed by atoms with Crippen molar-refractivity contribution < 1.29 is 12.8 Å². The molecule has 0 aromatic carbocycles. The van der Waals surface area contributed by atoms with Gasteiger partial charge in [0.2, 0.25) is 16.0 Å². The van der Waals surface area contributed by atoms with Crippen molar-refractivity contribution in [3.05, 3.63) is 11.6 Å². The predicted molar refractivity (Wildman–Crippen MR) is 65.1 cm³/mol. The van der Waals surface area contributed by atoms with E-state index in [1.165, 1.54) is 18.3 Å². The average Bonchev–Trinajstić information content (AvgIpc) is 2.53. The fourth-order valence-corrected chi connectivity index (χ4v) is 4.23. The van der Waals surface area contributed by atoms with Gasteiger partial charge in [0.1, 0.15) is 0 Å². The number of hydrogen-bond donors (Lipinski definition) is 0. The maximum atomic E-state index is 13.9. The summed E-state index contributed by atoms with van der Waals surface area (Å²) in [5, 5.41) is 3.83. The highest BCUT2D eigenvalue weighted by atomic mass is 32.2. The van der Waals surface area contributed by atoms with Gasteiger partial charge in [-0.15, -0.1) is 0 Å². The third-order valence-corrected chi connectivity index (χ3v) is 5.31. The Kier molecular flexibility index (Phi) is 3.46. The lowest BCUT2D eigenvalue weighted by Crippen LogP contribution is -2.39. The van der Waals surface area contributed by atoms with Crippen LogP contribution in [0.4, 0.5) is 4.39 Å². The molecule has 1 saturated heterocycles. The van der Waals surface area contributed by atoms with Crippen LogP contribution in [0.1, 0.15) is 25.5 Å². The van der Waals surface area contributed by atoms with Crippen molar-refractivity contribution in [1.82, 2.24) is 14.1 Å². The minimum Gasteiger partial charge on any atom is -0.241 e. The summed E-state index contributed by atoms with van der Waals surface area (Å²) in [6, 6.07) is 0. The van der Waals surface area contributed by atoms with Crippen LogP contribution in [0.5, 0.6) is 0 Å². The van der Waals surface area contributed by atoms with Crippen molar-refractivity contribution >= 4 is 10.0 Å². The van der Waals surface area contributed by atoms with Gasteiger partial charge in [0.05, 0.1) is 5.69 Å². The lowest BCUT2D eigenvalue weighted by Gasteiger charge is -2.29. The van der Waals surface area contributed by atoms with E-state index in [2.05, 4.69) is 5.10 Å². The van der Waals surface area contributed by atoms with E-state index in [1.807, 2.05) is 6.92 Å². The Morgan fingerprint density at radius 3 is 2.61 bits per heavy atom. The van der Waals surface area contributed by atoms with Crippen LogP contribution in [0, 0.1) is 18.8 Å². The Hall–Kier alpha value is -0.950. The topological polar surface area (TPSA) is 55.2 Å². The molecule has 5 nitrogen and oxygen atoms in total. The van der Waals surface area contributed by atoms with E-state index >= 15 is 0 Å². The Morgan fingerprint density at radius 1 is 1.44 bits per heavy atom. The molecule has 1 aliphatic heterocycles. The van der Waals surface area contributed by atoms with E-state index < -0.39 is 16.0 Å². The summed E-state index contributed by atoms with van der Waals surface area (Å²) in [5.74, 6) is -0.473. The normalized spacial score (nSPS) is 22.3. The van der Waals surface area contributed by atoms with Crippen LogP contribution in [0.2, 0.25) is 0 Å². The van der Waals surface area contributed by atoms with Gasteiger partial charge in [-0.05, 0) is 25.7 Å². The van der Waals surface area contributed by atoms with Crippen LogP contribution in [0.3, 0.4) is 0 Å². The van der Waals surface area contributed by atoms with Crippen LogP contribution in [0.25, 0.3) is 0 Å². The highest BCUT2D eigenvalue weighted by Gasteiger charge is 2.34. The molecule has 2 heterocycles. The zero-order valence-corrected chi connectivity index (χ0v) is 11.7. The van der Waals surface area contributed by atoms with Crippen LogP contribution in [-0.4, -0.2) is 35.6 Å². The monoisotopic (exact) mass is 275 g/mol. The molecule has 7 heteroatoms. The smallest absolute Gasteiger partial charge is 0.241 e. The molecular weight excluding hydrogens is 257 g/mol. The Bertz CT molecular complexity index is 553. The molecule has 2 rings (SSSR count). The molecule has 102 valence electrons. The van der Waals surface area contributed by atoms with Gasteiger partial charge in [-0.3, -0.25) is 0 Å². The number of halogens is 1. The first kappa shape index (κ1) is 13.5. The van der Waals surface area contributed by atoms with E-state index in [-0.39, 0.29) is 10.6 Å². The molecule has 1 atom stereocenters. The van der Waals surface area contributed by atoms with E-state index in [4.69, 9.17) is 0 Å². The molecular formula is C11H18FN3O2S. The maximum Gasteiger partial charge on any atom is 0.249 e. The number of sulfonamides is 1. The van der Waals surface area contributed by atoms with Gasteiger partial charge < -0.3 is 0 Å². The highest BCUT2D eigenvalue weighted by Crippen LogP contribution is 2.26. The minimum absolute atomic E-state index is 0.216. The summed E-state index contributed by atoms with van der Waals surface area (Å²) in [4.78, 5) is -0.279. The molecule has 1 aromatic rings. The molecule has 0 bridgehead atoms. The zero-order valence-electron chi connectivity index (χ0n) is 10.9. The first-order chi connectivity index (χ1) is 8.34. The Morgan fingerprint density at radius 2 is 2.11 bits per heavy atom. The van der Waals surface area contributed by atoms with Gasteiger partial charge in [-0.2, -0.15) is 13.8 Å². The third-order valence-electron chi connectivity index (χ3n) is 3.32. The number of aromatic nitrogens is 2. The summed E-state index contributed by atoms with van der Waals surface area (Å²) in [6.45, 7) is 4.44. The van der Waals surface area contributed by atoms with Crippen molar-refractivity contribution in [2.75, 3.05) is 13.1 Å². The number of piperidine rings is 1. The largest absolute Gasteiger partial charge is 0.249 e. The molecule has 18 heavy (non-hydrogen) atoms. The van der Waals surface area contributed by atoms with Crippen molar-refractivity contribution in [3.8, 4) is 0 Å². The van der Waals surface area contributed by atoms with E-state index in [9.17, 15) is 12.8 Å². The van der Waals surface area contributed by atoms with Gasteiger partial charge >= 0.3 is 0 Å². The summed E-state index contributed by atoms with van der Waals surface area (Å²) in [6.07, 6.45) is 1.84.